The van der Waals surface area contributed by atoms with Gasteiger partial charge in [0.25, 0.3) is 5.56 Å². The number of H-pyrrole nitrogens is 1. The molecule has 1 aliphatic rings. The maximum absolute atomic E-state index is 12.6. The molecular formula is C19H18ClN3O2. The first-order valence-corrected chi connectivity index (χ1v) is 8.72. The van der Waals surface area contributed by atoms with Gasteiger partial charge in [-0.2, -0.15) is 0 Å². The van der Waals surface area contributed by atoms with Gasteiger partial charge in [0, 0.05) is 71.9 Å². The predicted molar refractivity (Wildman–Crippen MR) is 97.7 cm³/mol. The lowest BCUT2D eigenvalue weighted by Gasteiger charge is -2.27. The Morgan fingerprint density at radius 2 is 2.12 bits per heavy atom. The summed E-state index contributed by atoms with van der Waals surface area (Å²) in [5.41, 5.74) is 3.30. The first-order chi connectivity index (χ1) is 12.1. The molecule has 1 N–H and O–H groups in total. The van der Waals surface area contributed by atoms with Gasteiger partial charge < -0.3 is 14.5 Å². The summed E-state index contributed by atoms with van der Waals surface area (Å²) in [6.45, 7) is 1.68. The summed E-state index contributed by atoms with van der Waals surface area (Å²) < 4.78 is 1.57. The molecule has 0 saturated carbocycles. The molecule has 0 atom stereocenters. The van der Waals surface area contributed by atoms with Crippen molar-refractivity contribution in [2.75, 3.05) is 6.54 Å². The minimum Gasteiger partial charge on any atom is -0.358 e. The Morgan fingerprint density at radius 1 is 1.24 bits per heavy atom. The van der Waals surface area contributed by atoms with Crippen molar-refractivity contribution in [2.45, 2.75) is 25.9 Å². The number of nitrogens with one attached hydrogen (secondary N) is 1. The van der Waals surface area contributed by atoms with Gasteiger partial charge in [0.2, 0.25) is 5.91 Å². The van der Waals surface area contributed by atoms with Crippen molar-refractivity contribution in [3.63, 3.8) is 0 Å². The molecule has 1 amide bonds. The van der Waals surface area contributed by atoms with Gasteiger partial charge in [0.15, 0.2) is 0 Å². The zero-order valence-electron chi connectivity index (χ0n) is 13.7. The molecule has 2 aromatic heterocycles. The number of carbonyl (C=O) groups is 1. The second-order valence-corrected chi connectivity index (χ2v) is 6.76. The molecule has 0 aliphatic carbocycles. The van der Waals surface area contributed by atoms with Gasteiger partial charge in [-0.3, -0.25) is 9.59 Å². The third kappa shape index (κ3) is 3.07. The number of hydrogen-bond donors (Lipinski definition) is 1. The first-order valence-electron chi connectivity index (χ1n) is 8.34. The predicted octanol–water partition coefficient (Wildman–Crippen LogP) is 2.96. The van der Waals surface area contributed by atoms with Crippen molar-refractivity contribution in [3.05, 3.63) is 69.2 Å². The van der Waals surface area contributed by atoms with Gasteiger partial charge in [0.05, 0.1) is 0 Å². The number of aromatic nitrogens is 2. The fourth-order valence-electron chi connectivity index (χ4n) is 3.42. The molecule has 4 rings (SSSR count). The Morgan fingerprint density at radius 3 is 2.96 bits per heavy atom. The maximum atomic E-state index is 12.6. The van der Waals surface area contributed by atoms with Crippen LogP contribution in [0.5, 0.6) is 0 Å². The topological polar surface area (TPSA) is 58.1 Å². The van der Waals surface area contributed by atoms with Gasteiger partial charge >= 0.3 is 0 Å². The van der Waals surface area contributed by atoms with Crippen LogP contribution in [0.3, 0.4) is 0 Å². The van der Waals surface area contributed by atoms with Gasteiger partial charge in [-0.05, 0) is 24.3 Å². The van der Waals surface area contributed by atoms with Crippen LogP contribution in [-0.4, -0.2) is 26.9 Å². The van der Waals surface area contributed by atoms with E-state index in [1.54, 1.807) is 22.9 Å². The fourth-order valence-corrected chi connectivity index (χ4v) is 3.59. The molecule has 6 heteroatoms. The number of halogens is 1. The number of benzene rings is 1. The third-order valence-electron chi connectivity index (χ3n) is 4.76. The monoisotopic (exact) mass is 355 g/mol. The number of aromatic amines is 1. The number of amides is 1. The highest BCUT2D eigenvalue weighted by molar-refractivity contribution is 6.31. The van der Waals surface area contributed by atoms with Crippen LogP contribution in [-0.2, 0) is 24.3 Å². The quantitative estimate of drug-likeness (QED) is 0.785. The molecule has 25 heavy (non-hydrogen) atoms. The highest BCUT2D eigenvalue weighted by atomic mass is 35.5. The SMILES string of the molecule is O=C(CCn1ccccc1=O)N1CCc2[nH]c3ccc(Cl)cc3c2C1. The van der Waals surface area contributed by atoms with Crippen molar-refractivity contribution in [1.82, 2.24) is 14.5 Å². The summed E-state index contributed by atoms with van der Waals surface area (Å²) in [4.78, 5) is 29.6. The number of fused-ring (bicyclic) bond motifs is 3. The Bertz CT molecular complexity index is 1010. The Hall–Kier alpha value is -2.53. The number of hydrogen-bond acceptors (Lipinski definition) is 2. The second-order valence-electron chi connectivity index (χ2n) is 6.32. The minimum absolute atomic E-state index is 0.0674. The molecule has 1 aromatic carbocycles. The summed E-state index contributed by atoms with van der Waals surface area (Å²) >= 11 is 6.12. The first kappa shape index (κ1) is 16.0. The lowest BCUT2D eigenvalue weighted by molar-refractivity contribution is -0.132. The number of nitrogens with zero attached hydrogens (tertiary/aromatic N) is 2. The summed E-state index contributed by atoms with van der Waals surface area (Å²) in [6, 6.07) is 10.8. The van der Waals surface area contributed by atoms with Gasteiger partial charge in [-0.1, -0.05) is 17.7 Å². The molecule has 0 spiro atoms. The zero-order chi connectivity index (χ0) is 17.4. The van der Waals surface area contributed by atoms with Crippen molar-refractivity contribution < 1.29 is 4.79 Å². The van der Waals surface area contributed by atoms with Crippen molar-refractivity contribution in [1.29, 1.82) is 0 Å². The number of carbonyl (C=O) groups excluding carboxylic acids is 1. The van der Waals surface area contributed by atoms with E-state index in [9.17, 15) is 9.59 Å². The van der Waals surface area contributed by atoms with Crippen LogP contribution >= 0.6 is 11.6 Å². The lowest BCUT2D eigenvalue weighted by atomic mass is 10.0. The molecule has 0 unspecified atom stereocenters. The van der Waals surface area contributed by atoms with Crippen LogP contribution in [0.2, 0.25) is 5.02 Å². The molecule has 128 valence electrons. The fraction of sp³-hybridized carbons (Fsp3) is 0.263. The maximum Gasteiger partial charge on any atom is 0.250 e. The summed E-state index contributed by atoms with van der Waals surface area (Å²) in [7, 11) is 0. The molecule has 1 aliphatic heterocycles. The zero-order valence-corrected chi connectivity index (χ0v) is 14.4. The normalized spacial score (nSPS) is 13.9. The van der Waals surface area contributed by atoms with Crippen molar-refractivity contribution in [2.24, 2.45) is 0 Å². The molecule has 0 radical (unpaired) electrons. The van der Waals surface area contributed by atoms with Gasteiger partial charge in [0.1, 0.15) is 0 Å². The third-order valence-corrected chi connectivity index (χ3v) is 4.99. The van der Waals surface area contributed by atoms with Crippen LogP contribution in [0.15, 0.2) is 47.4 Å². The van der Waals surface area contributed by atoms with Crippen LogP contribution in [0.1, 0.15) is 17.7 Å². The molecule has 0 saturated heterocycles. The average molecular weight is 356 g/mol. The van der Waals surface area contributed by atoms with Crippen molar-refractivity contribution >= 4 is 28.4 Å². The molecule has 3 aromatic rings. The average Bonchev–Trinajstić information content (AvgIpc) is 2.98. The van der Waals surface area contributed by atoms with E-state index in [4.69, 9.17) is 11.6 Å². The number of rotatable bonds is 3. The van der Waals surface area contributed by atoms with E-state index in [0.717, 1.165) is 22.9 Å². The van der Waals surface area contributed by atoms with Crippen molar-refractivity contribution in [3.8, 4) is 0 Å². The van der Waals surface area contributed by atoms with Crippen LogP contribution in [0, 0.1) is 0 Å². The Kier molecular flexibility index (Phi) is 4.09. The van der Waals surface area contributed by atoms with E-state index in [1.165, 1.54) is 11.8 Å². The minimum atomic E-state index is -0.0810. The smallest absolute Gasteiger partial charge is 0.250 e. The van der Waals surface area contributed by atoms with E-state index >= 15 is 0 Å². The molecule has 0 fully saturated rings. The molecule has 5 nitrogen and oxygen atoms in total. The van der Waals surface area contributed by atoms with Crippen LogP contribution in [0.25, 0.3) is 10.9 Å². The van der Waals surface area contributed by atoms with Crippen LogP contribution < -0.4 is 5.56 Å². The molecular weight excluding hydrogens is 338 g/mol. The van der Waals surface area contributed by atoms with E-state index in [2.05, 4.69) is 4.98 Å². The van der Waals surface area contributed by atoms with Gasteiger partial charge in [-0.25, -0.2) is 0 Å². The summed E-state index contributed by atoms with van der Waals surface area (Å²) in [5, 5.41) is 1.78. The Labute approximate surface area is 149 Å². The summed E-state index contributed by atoms with van der Waals surface area (Å²) in [6.07, 6.45) is 2.84. The van der Waals surface area contributed by atoms with E-state index in [1.807, 2.05) is 23.1 Å². The standard InChI is InChI=1S/C19H18ClN3O2/c20-13-4-5-16-14(11-13)15-12-23(9-6-17(15)21-16)19(25)7-10-22-8-2-1-3-18(22)24/h1-5,8,11,21H,6-7,9-10,12H2. The van der Waals surface area contributed by atoms with Gasteiger partial charge in [-0.15, -0.1) is 0 Å². The number of aryl methyl sites for hydroxylation is 1. The number of pyridine rings is 1. The lowest BCUT2D eigenvalue weighted by Crippen LogP contribution is -2.36. The van der Waals surface area contributed by atoms with E-state index in [-0.39, 0.29) is 11.5 Å². The summed E-state index contributed by atoms with van der Waals surface area (Å²) in [5.74, 6) is 0.0674. The van der Waals surface area contributed by atoms with Crippen LogP contribution in [0.4, 0.5) is 0 Å². The highest BCUT2D eigenvalue weighted by Gasteiger charge is 2.23. The molecule has 3 heterocycles. The van der Waals surface area contributed by atoms with E-state index < -0.39 is 0 Å². The van der Waals surface area contributed by atoms with E-state index in [0.29, 0.717) is 31.1 Å². The second kappa shape index (κ2) is 6.41. The highest BCUT2D eigenvalue weighted by Crippen LogP contribution is 2.29. The largest absolute Gasteiger partial charge is 0.358 e. The molecule has 0 bridgehead atoms. The Balaban J connectivity index is 1.51.